The SMILES string of the molecule is Nc1ccccc1CCCO.O=[N+]([O-])c1ccccc1CCCO. The van der Waals surface area contributed by atoms with E-state index in [0.717, 1.165) is 24.1 Å². The molecule has 130 valence electrons. The molecule has 0 atom stereocenters. The lowest BCUT2D eigenvalue weighted by Crippen LogP contribution is -1.96. The largest absolute Gasteiger partial charge is 0.399 e. The molecule has 24 heavy (non-hydrogen) atoms. The molecule has 0 fully saturated rings. The molecule has 2 rings (SSSR count). The van der Waals surface area contributed by atoms with Gasteiger partial charge in [-0.15, -0.1) is 0 Å². The Balaban J connectivity index is 0.000000243. The highest BCUT2D eigenvalue weighted by molar-refractivity contribution is 5.46. The molecule has 2 aromatic carbocycles. The maximum absolute atomic E-state index is 10.5. The fourth-order valence-corrected chi connectivity index (χ4v) is 2.20. The fourth-order valence-electron chi connectivity index (χ4n) is 2.20. The average Bonchev–Trinajstić information content (AvgIpc) is 2.60. The summed E-state index contributed by atoms with van der Waals surface area (Å²) in [5.41, 5.74) is 8.44. The molecule has 4 N–H and O–H groups in total. The maximum Gasteiger partial charge on any atom is 0.272 e. The number of nitro groups is 1. The number of nitrogens with zero attached hydrogens (tertiary/aromatic N) is 1. The van der Waals surface area contributed by atoms with Crippen LogP contribution in [0, 0.1) is 10.1 Å². The first-order chi connectivity index (χ1) is 11.6. The van der Waals surface area contributed by atoms with Crippen LogP contribution in [-0.4, -0.2) is 28.4 Å². The van der Waals surface area contributed by atoms with Crippen LogP contribution in [0.15, 0.2) is 48.5 Å². The zero-order chi connectivity index (χ0) is 17.8. The first-order valence-electron chi connectivity index (χ1n) is 7.87. The molecule has 2 aromatic rings. The number of hydrogen-bond acceptors (Lipinski definition) is 5. The van der Waals surface area contributed by atoms with Crippen molar-refractivity contribution in [3.05, 3.63) is 69.8 Å². The van der Waals surface area contributed by atoms with E-state index in [-0.39, 0.29) is 18.9 Å². The zero-order valence-electron chi connectivity index (χ0n) is 13.6. The van der Waals surface area contributed by atoms with E-state index >= 15 is 0 Å². The minimum atomic E-state index is -0.396. The van der Waals surface area contributed by atoms with E-state index in [1.165, 1.54) is 6.07 Å². The smallest absolute Gasteiger partial charge is 0.272 e. The molecule has 0 aliphatic heterocycles. The summed E-state index contributed by atoms with van der Waals surface area (Å²) >= 11 is 0. The van der Waals surface area contributed by atoms with Crippen molar-refractivity contribution >= 4 is 11.4 Å². The second-order valence-electron chi connectivity index (χ2n) is 5.24. The van der Waals surface area contributed by atoms with Gasteiger partial charge >= 0.3 is 0 Å². The second-order valence-corrected chi connectivity index (χ2v) is 5.24. The highest BCUT2D eigenvalue weighted by Crippen LogP contribution is 2.18. The molecule has 0 radical (unpaired) electrons. The third-order valence-corrected chi connectivity index (χ3v) is 3.45. The Bertz CT molecular complexity index is 632. The van der Waals surface area contributed by atoms with Crippen molar-refractivity contribution in [2.75, 3.05) is 18.9 Å². The van der Waals surface area contributed by atoms with E-state index < -0.39 is 4.92 Å². The minimum absolute atomic E-state index is 0.0616. The van der Waals surface area contributed by atoms with Gasteiger partial charge in [-0.3, -0.25) is 10.1 Å². The summed E-state index contributed by atoms with van der Waals surface area (Å²) in [4.78, 5) is 10.1. The van der Waals surface area contributed by atoms with Crippen LogP contribution < -0.4 is 5.73 Å². The molecular weight excluding hydrogens is 308 g/mol. The van der Waals surface area contributed by atoms with Crippen molar-refractivity contribution in [3.63, 3.8) is 0 Å². The molecule has 0 aliphatic rings. The van der Waals surface area contributed by atoms with Crippen molar-refractivity contribution in [1.29, 1.82) is 0 Å². The Morgan fingerprint density at radius 1 is 0.875 bits per heavy atom. The normalized spacial score (nSPS) is 9.92. The number of nitro benzene ring substituents is 1. The monoisotopic (exact) mass is 332 g/mol. The third kappa shape index (κ3) is 6.76. The fraction of sp³-hybridized carbons (Fsp3) is 0.333. The number of benzene rings is 2. The van der Waals surface area contributed by atoms with Crippen LogP contribution in [0.25, 0.3) is 0 Å². The number of nitrogens with two attached hydrogens (primary N) is 1. The first-order valence-corrected chi connectivity index (χ1v) is 7.87. The topological polar surface area (TPSA) is 110 Å². The van der Waals surface area contributed by atoms with Gasteiger partial charge in [-0.25, -0.2) is 0 Å². The van der Waals surface area contributed by atoms with Gasteiger partial charge in [0.2, 0.25) is 0 Å². The van der Waals surface area contributed by atoms with Crippen molar-refractivity contribution < 1.29 is 15.1 Å². The average molecular weight is 332 g/mol. The quantitative estimate of drug-likeness (QED) is 0.410. The molecule has 0 saturated carbocycles. The number of hydrogen-bond donors (Lipinski definition) is 3. The van der Waals surface area contributed by atoms with Crippen LogP contribution in [0.2, 0.25) is 0 Å². The van der Waals surface area contributed by atoms with E-state index in [0.29, 0.717) is 18.4 Å². The number of nitrogen functional groups attached to an aromatic ring is 1. The molecule has 6 heteroatoms. The lowest BCUT2D eigenvalue weighted by Gasteiger charge is -2.02. The zero-order valence-corrected chi connectivity index (χ0v) is 13.6. The molecule has 0 spiro atoms. The lowest BCUT2D eigenvalue weighted by molar-refractivity contribution is -0.385. The molecule has 0 heterocycles. The number of anilines is 1. The Morgan fingerprint density at radius 3 is 1.92 bits per heavy atom. The third-order valence-electron chi connectivity index (χ3n) is 3.45. The Labute approximate surface area is 141 Å². The van der Waals surface area contributed by atoms with Crippen LogP contribution in [0.3, 0.4) is 0 Å². The lowest BCUT2D eigenvalue weighted by atomic mass is 10.1. The van der Waals surface area contributed by atoms with Gasteiger partial charge in [0, 0.05) is 30.5 Å². The highest BCUT2D eigenvalue weighted by Gasteiger charge is 2.10. The van der Waals surface area contributed by atoms with Gasteiger partial charge in [0.1, 0.15) is 0 Å². The maximum atomic E-state index is 10.5. The number of aliphatic hydroxyl groups is 2. The van der Waals surface area contributed by atoms with E-state index in [1.54, 1.807) is 18.2 Å². The van der Waals surface area contributed by atoms with Crippen LogP contribution in [0.1, 0.15) is 24.0 Å². The predicted molar refractivity (Wildman–Crippen MR) is 94.8 cm³/mol. The van der Waals surface area contributed by atoms with Crippen molar-refractivity contribution in [3.8, 4) is 0 Å². The Kier molecular flexibility index (Phi) is 9.11. The van der Waals surface area contributed by atoms with Crippen LogP contribution in [-0.2, 0) is 12.8 Å². The highest BCUT2D eigenvalue weighted by atomic mass is 16.6. The summed E-state index contributed by atoms with van der Waals surface area (Å²) in [7, 11) is 0. The summed E-state index contributed by atoms with van der Waals surface area (Å²) in [6.45, 7) is 0.292. The van der Waals surface area contributed by atoms with Gasteiger partial charge < -0.3 is 15.9 Å². The van der Waals surface area contributed by atoms with Crippen LogP contribution >= 0.6 is 0 Å². The van der Waals surface area contributed by atoms with Crippen molar-refractivity contribution in [1.82, 2.24) is 0 Å². The van der Waals surface area contributed by atoms with Gasteiger partial charge in [-0.05, 0) is 37.3 Å². The van der Waals surface area contributed by atoms with E-state index in [1.807, 2.05) is 24.3 Å². The molecule has 0 aromatic heterocycles. The van der Waals surface area contributed by atoms with Gasteiger partial charge in [0.05, 0.1) is 4.92 Å². The Morgan fingerprint density at radius 2 is 1.38 bits per heavy atom. The van der Waals surface area contributed by atoms with Gasteiger partial charge in [0.25, 0.3) is 5.69 Å². The molecule has 0 bridgehead atoms. The molecule has 0 saturated heterocycles. The summed E-state index contributed by atoms with van der Waals surface area (Å²) in [5, 5.41) is 27.7. The first kappa shape index (κ1) is 19.6. The summed E-state index contributed by atoms with van der Waals surface area (Å²) in [5.74, 6) is 0. The van der Waals surface area contributed by atoms with Gasteiger partial charge in [0.15, 0.2) is 0 Å². The molecular formula is C18H24N2O4. The number of aliphatic hydroxyl groups excluding tert-OH is 2. The minimum Gasteiger partial charge on any atom is -0.399 e. The number of aryl methyl sites for hydroxylation is 2. The second kappa shape index (κ2) is 11.2. The summed E-state index contributed by atoms with van der Waals surface area (Å²) in [6.07, 6.45) is 2.76. The van der Waals surface area contributed by atoms with Crippen LogP contribution in [0.5, 0.6) is 0 Å². The van der Waals surface area contributed by atoms with Gasteiger partial charge in [-0.1, -0.05) is 36.4 Å². The molecule has 0 aliphatic carbocycles. The van der Waals surface area contributed by atoms with E-state index in [9.17, 15) is 10.1 Å². The summed E-state index contributed by atoms with van der Waals surface area (Å²) in [6, 6.07) is 14.3. The Hall–Kier alpha value is -2.44. The van der Waals surface area contributed by atoms with E-state index in [2.05, 4.69) is 0 Å². The van der Waals surface area contributed by atoms with Crippen molar-refractivity contribution in [2.24, 2.45) is 0 Å². The molecule has 0 amide bonds. The predicted octanol–water partition coefficient (Wildman–Crippen LogP) is 2.71. The summed E-state index contributed by atoms with van der Waals surface area (Å²) < 4.78 is 0. The molecule has 0 unspecified atom stereocenters. The number of rotatable bonds is 7. The van der Waals surface area contributed by atoms with Crippen LogP contribution in [0.4, 0.5) is 11.4 Å². The molecule has 6 nitrogen and oxygen atoms in total. The number of para-hydroxylation sites is 2. The standard InChI is InChI=1S/C9H11NO3.C9H13NO/c11-7-3-5-8-4-1-2-6-9(8)10(12)13;10-9-6-2-1-4-8(9)5-3-7-11/h1-2,4,6,11H,3,5,7H2;1-2,4,6,11H,3,5,7,10H2. The van der Waals surface area contributed by atoms with Gasteiger partial charge in [-0.2, -0.15) is 0 Å². The van der Waals surface area contributed by atoms with E-state index in [4.69, 9.17) is 15.9 Å². The van der Waals surface area contributed by atoms with Crippen molar-refractivity contribution in [2.45, 2.75) is 25.7 Å².